The lowest BCUT2D eigenvalue weighted by Crippen LogP contribution is -2.14. The van der Waals surface area contributed by atoms with Crippen LogP contribution in [-0.2, 0) is 0 Å². The zero-order valence-corrected chi connectivity index (χ0v) is 30.2. The third-order valence-electron chi connectivity index (χ3n) is 11.4. The molecule has 3 aromatic heterocycles. The van der Waals surface area contributed by atoms with Gasteiger partial charge in [-0.3, -0.25) is 0 Å². The van der Waals surface area contributed by atoms with Gasteiger partial charge in [0.2, 0.25) is 0 Å². The largest absolute Gasteiger partial charge is 0.456 e. The van der Waals surface area contributed by atoms with Crippen molar-refractivity contribution >= 4 is 93.5 Å². The fourth-order valence-electron chi connectivity index (χ4n) is 8.95. The second-order valence-corrected chi connectivity index (χ2v) is 14.4. The number of rotatable bonds is 5. The highest BCUT2D eigenvalue weighted by atomic mass is 16.3. The maximum atomic E-state index is 6.82. The van der Waals surface area contributed by atoms with Crippen molar-refractivity contribution in [2.24, 2.45) is 0 Å². The van der Waals surface area contributed by atoms with E-state index in [-0.39, 0.29) is 0 Å². The number of anilines is 3. The van der Waals surface area contributed by atoms with Crippen molar-refractivity contribution in [2.45, 2.75) is 0 Å². The Labute approximate surface area is 321 Å². The van der Waals surface area contributed by atoms with E-state index < -0.39 is 0 Å². The number of aromatic nitrogens is 1. The van der Waals surface area contributed by atoms with Crippen LogP contribution in [0.2, 0.25) is 0 Å². The molecule has 3 heterocycles. The van der Waals surface area contributed by atoms with Crippen molar-refractivity contribution in [3.05, 3.63) is 194 Å². The first-order valence-corrected chi connectivity index (χ1v) is 19.0. The van der Waals surface area contributed by atoms with Crippen LogP contribution in [0.1, 0.15) is 0 Å². The summed E-state index contributed by atoms with van der Waals surface area (Å²) < 4.78 is 15.8. The van der Waals surface area contributed by atoms with Crippen molar-refractivity contribution in [1.29, 1.82) is 0 Å². The second-order valence-electron chi connectivity index (χ2n) is 14.4. The molecule has 0 aliphatic carbocycles. The van der Waals surface area contributed by atoms with Gasteiger partial charge in [0.15, 0.2) is 5.58 Å². The summed E-state index contributed by atoms with van der Waals surface area (Å²) in [4.78, 5) is 2.40. The third kappa shape index (κ3) is 4.47. The molecule has 4 heteroatoms. The molecule has 12 aromatic rings. The number of benzene rings is 9. The monoisotopic (exact) mass is 716 g/mol. The molecule has 0 saturated heterocycles. The summed E-state index contributed by atoms with van der Waals surface area (Å²) >= 11 is 0. The van der Waals surface area contributed by atoms with Gasteiger partial charge in [-0.15, -0.1) is 0 Å². The molecule has 0 N–H and O–H groups in total. The molecular formula is C52H32N2O2. The highest BCUT2D eigenvalue weighted by molar-refractivity contribution is 6.18. The Morgan fingerprint density at radius 2 is 0.929 bits per heavy atom. The normalized spacial score (nSPS) is 11.9. The van der Waals surface area contributed by atoms with Crippen LogP contribution in [0.15, 0.2) is 203 Å². The number of furan rings is 2. The fraction of sp³-hybridized carbons (Fsp3) is 0. The van der Waals surface area contributed by atoms with E-state index in [0.717, 1.165) is 94.2 Å². The molecule has 0 radical (unpaired) electrons. The standard InChI is InChI=1S/C52H32N2O2/c1-2-16-34-32-50-41(31-33(34)15-1)51-39(21-14-30-49(51)55-50)37-19-5-9-25-44(37)54(47-28-13-22-40-38-20-6-12-29-48(38)56-52(40)47)46-27-11-10-26-45(46)53-42-23-7-3-17-35(42)36-18-4-8-24-43(36)53/h1-32H. The summed E-state index contributed by atoms with van der Waals surface area (Å²) in [5.41, 5.74) is 12.0. The molecule has 0 amide bonds. The molecule has 0 aliphatic heterocycles. The summed E-state index contributed by atoms with van der Waals surface area (Å²) in [6, 6.07) is 69.0. The first-order chi connectivity index (χ1) is 27.8. The van der Waals surface area contributed by atoms with E-state index in [1.165, 1.54) is 16.2 Å². The zero-order valence-electron chi connectivity index (χ0n) is 30.2. The van der Waals surface area contributed by atoms with Crippen LogP contribution in [0.3, 0.4) is 0 Å². The summed E-state index contributed by atoms with van der Waals surface area (Å²) in [6.07, 6.45) is 0. The molecule has 4 nitrogen and oxygen atoms in total. The van der Waals surface area contributed by atoms with E-state index in [2.05, 4.69) is 198 Å². The number of hydrogen-bond donors (Lipinski definition) is 0. The van der Waals surface area contributed by atoms with Crippen molar-refractivity contribution in [3.63, 3.8) is 0 Å². The van der Waals surface area contributed by atoms with Gasteiger partial charge in [-0.2, -0.15) is 0 Å². The summed E-state index contributed by atoms with van der Waals surface area (Å²) in [7, 11) is 0. The number of nitrogens with zero attached hydrogens (tertiary/aromatic N) is 2. The summed E-state index contributed by atoms with van der Waals surface area (Å²) in [5, 5.41) is 9.14. The van der Waals surface area contributed by atoms with Gasteiger partial charge >= 0.3 is 0 Å². The van der Waals surface area contributed by atoms with Crippen LogP contribution in [0.25, 0.3) is 93.3 Å². The van der Waals surface area contributed by atoms with Crippen LogP contribution in [0.4, 0.5) is 17.1 Å². The molecule has 0 aliphatic rings. The maximum absolute atomic E-state index is 6.82. The van der Waals surface area contributed by atoms with Crippen molar-refractivity contribution in [1.82, 2.24) is 4.57 Å². The Hall–Kier alpha value is -7.56. The molecule has 0 saturated carbocycles. The molecule has 0 bridgehead atoms. The molecule has 56 heavy (non-hydrogen) atoms. The Balaban J connectivity index is 1.19. The van der Waals surface area contributed by atoms with Crippen LogP contribution in [-0.4, -0.2) is 4.57 Å². The highest BCUT2D eigenvalue weighted by Crippen LogP contribution is 2.49. The average molecular weight is 717 g/mol. The summed E-state index contributed by atoms with van der Waals surface area (Å²) in [6.45, 7) is 0. The van der Waals surface area contributed by atoms with Gasteiger partial charge in [-0.1, -0.05) is 133 Å². The number of hydrogen-bond acceptors (Lipinski definition) is 3. The predicted molar refractivity (Wildman–Crippen MR) is 233 cm³/mol. The molecule has 12 rings (SSSR count). The molecule has 0 unspecified atom stereocenters. The van der Waals surface area contributed by atoms with Gasteiger partial charge in [-0.05, 0) is 77.0 Å². The Bertz CT molecular complexity index is 3460. The van der Waals surface area contributed by atoms with Gasteiger partial charge in [-0.25, -0.2) is 0 Å². The number of fused-ring (bicyclic) bond motifs is 10. The van der Waals surface area contributed by atoms with Crippen molar-refractivity contribution < 1.29 is 8.83 Å². The molecule has 262 valence electrons. The number of para-hydroxylation sites is 7. The van der Waals surface area contributed by atoms with Gasteiger partial charge in [0.25, 0.3) is 0 Å². The molecule has 0 atom stereocenters. The molecular weight excluding hydrogens is 685 g/mol. The Morgan fingerprint density at radius 3 is 1.75 bits per heavy atom. The first kappa shape index (κ1) is 30.9. The lowest BCUT2D eigenvalue weighted by molar-refractivity contribution is 0.669. The Morgan fingerprint density at radius 1 is 0.357 bits per heavy atom. The maximum Gasteiger partial charge on any atom is 0.159 e. The minimum Gasteiger partial charge on any atom is -0.456 e. The van der Waals surface area contributed by atoms with E-state index >= 15 is 0 Å². The molecule has 0 fully saturated rings. The zero-order chi connectivity index (χ0) is 36.7. The third-order valence-corrected chi connectivity index (χ3v) is 11.4. The lowest BCUT2D eigenvalue weighted by atomic mass is 9.96. The summed E-state index contributed by atoms with van der Waals surface area (Å²) in [5.74, 6) is 0. The van der Waals surface area contributed by atoms with Crippen LogP contribution in [0, 0.1) is 0 Å². The van der Waals surface area contributed by atoms with Gasteiger partial charge in [0.05, 0.1) is 33.8 Å². The highest BCUT2D eigenvalue weighted by Gasteiger charge is 2.26. The van der Waals surface area contributed by atoms with Crippen LogP contribution in [0.5, 0.6) is 0 Å². The minimum absolute atomic E-state index is 0.832. The van der Waals surface area contributed by atoms with Gasteiger partial charge in [0, 0.05) is 37.9 Å². The van der Waals surface area contributed by atoms with E-state index in [9.17, 15) is 0 Å². The predicted octanol–water partition coefficient (Wildman–Crippen LogP) is 14.9. The Kier molecular flexibility index (Phi) is 6.60. The van der Waals surface area contributed by atoms with E-state index in [4.69, 9.17) is 8.83 Å². The quantitative estimate of drug-likeness (QED) is 0.178. The van der Waals surface area contributed by atoms with E-state index in [1.54, 1.807) is 0 Å². The molecule has 9 aromatic carbocycles. The molecule has 0 spiro atoms. The van der Waals surface area contributed by atoms with Crippen LogP contribution >= 0.6 is 0 Å². The van der Waals surface area contributed by atoms with Gasteiger partial charge in [0.1, 0.15) is 16.7 Å². The second kappa shape index (κ2) is 12.0. The first-order valence-electron chi connectivity index (χ1n) is 19.0. The fourth-order valence-corrected chi connectivity index (χ4v) is 8.95. The SMILES string of the molecule is c1ccc(N(c2ccccc2-n2c3ccccc3c3ccccc32)c2cccc3c2oc2ccccc23)c(-c2cccc3oc4cc5ccccc5cc4c23)c1. The van der Waals surface area contributed by atoms with E-state index in [1.807, 2.05) is 6.07 Å². The van der Waals surface area contributed by atoms with Crippen molar-refractivity contribution in [3.8, 4) is 16.8 Å². The van der Waals surface area contributed by atoms with Crippen LogP contribution < -0.4 is 4.90 Å². The van der Waals surface area contributed by atoms with Crippen molar-refractivity contribution in [2.75, 3.05) is 4.90 Å². The average Bonchev–Trinajstić information content (AvgIpc) is 3.93. The van der Waals surface area contributed by atoms with Gasteiger partial charge < -0.3 is 18.3 Å². The minimum atomic E-state index is 0.832. The topological polar surface area (TPSA) is 34.5 Å². The lowest BCUT2D eigenvalue weighted by Gasteiger charge is -2.30. The smallest absolute Gasteiger partial charge is 0.159 e. The van der Waals surface area contributed by atoms with E-state index in [0.29, 0.717) is 0 Å².